The molecule has 1 aliphatic heterocycles. The third-order valence-electron chi connectivity index (χ3n) is 4.92. The second-order valence-corrected chi connectivity index (χ2v) is 7.43. The number of carbonyl (C=O) groups excluding carboxylic acids is 1. The summed E-state index contributed by atoms with van der Waals surface area (Å²) in [5.74, 6) is 0.115. The molecule has 0 radical (unpaired) electrons. The third kappa shape index (κ3) is 2.90. The van der Waals surface area contributed by atoms with Crippen LogP contribution < -0.4 is 0 Å². The van der Waals surface area contributed by atoms with E-state index < -0.39 is 0 Å². The topological polar surface area (TPSA) is 69.2 Å². The maximum Gasteiger partial charge on any atom is 0.273 e. The van der Waals surface area contributed by atoms with Gasteiger partial charge in [-0.3, -0.25) is 9.89 Å². The molecule has 1 aliphatic rings. The first-order chi connectivity index (χ1) is 13.2. The number of rotatable bonds is 5. The maximum absolute atomic E-state index is 13.0. The van der Waals surface area contributed by atoms with Crippen molar-refractivity contribution in [3.05, 3.63) is 65.4 Å². The first kappa shape index (κ1) is 17.7. The Morgan fingerprint density at radius 3 is 2.59 bits per heavy atom. The number of phenols is 1. The summed E-state index contributed by atoms with van der Waals surface area (Å²) in [5, 5.41) is 17.6. The number of fused-ring (bicyclic) bond motifs is 1. The smallest absolute Gasteiger partial charge is 0.273 e. The van der Waals surface area contributed by atoms with Gasteiger partial charge in [-0.05, 0) is 42.5 Å². The van der Waals surface area contributed by atoms with Gasteiger partial charge < -0.3 is 10.0 Å². The molecule has 0 bridgehead atoms. The van der Waals surface area contributed by atoms with Gasteiger partial charge >= 0.3 is 0 Å². The number of aromatic nitrogens is 2. The van der Waals surface area contributed by atoms with E-state index in [2.05, 4.69) is 41.4 Å². The van der Waals surface area contributed by atoms with Crippen molar-refractivity contribution in [1.82, 2.24) is 15.1 Å². The first-order valence-corrected chi connectivity index (χ1v) is 10.2. The predicted molar refractivity (Wildman–Crippen MR) is 107 cm³/mol. The van der Waals surface area contributed by atoms with Gasteiger partial charge in [0.05, 0.1) is 6.04 Å². The van der Waals surface area contributed by atoms with Gasteiger partial charge in [-0.1, -0.05) is 31.2 Å². The van der Waals surface area contributed by atoms with E-state index in [1.54, 1.807) is 23.9 Å². The maximum atomic E-state index is 13.0. The van der Waals surface area contributed by atoms with Crippen LogP contribution in [0.4, 0.5) is 0 Å². The van der Waals surface area contributed by atoms with Crippen molar-refractivity contribution in [2.24, 2.45) is 0 Å². The summed E-state index contributed by atoms with van der Waals surface area (Å²) in [6.07, 6.45) is 2.91. The number of hydrogen-bond donors (Lipinski definition) is 2. The van der Waals surface area contributed by atoms with Gasteiger partial charge in [0.1, 0.15) is 17.1 Å². The van der Waals surface area contributed by atoms with Crippen molar-refractivity contribution in [3.63, 3.8) is 0 Å². The molecule has 2 aromatic carbocycles. The van der Waals surface area contributed by atoms with E-state index in [4.69, 9.17) is 0 Å². The molecule has 4 rings (SSSR count). The van der Waals surface area contributed by atoms with Gasteiger partial charge in [0.15, 0.2) is 0 Å². The highest BCUT2D eigenvalue weighted by molar-refractivity contribution is 7.98. The number of benzene rings is 2. The van der Waals surface area contributed by atoms with Gasteiger partial charge in [0.2, 0.25) is 0 Å². The van der Waals surface area contributed by atoms with Crippen LogP contribution in [0.25, 0.3) is 11.3 Å². The standard InChI is InChI=1S/C21H21N3O2S/c1-3-12-24-20(13-8-10-14(27-2)11-9-13)17-18(22-23-19(17)21(24)26)15-6-4-5-7-16(15)25/h4-11,20,25H,3,12H2,1-2H3,(H,22,23). The highest BCUT2D eigenvalue weighted by atomic mass is 32.2. The van der Waals surface area contributed by atoms with Crippen LogP contribution in [0.2, 0.25) is 0 Å². The molecule has 2 heterocycles. The molecular weight excluding hydrogens is 358 g/mol. The van der Waals surface area contributed by atoms with Gasteiger partial charge in [-0.2, -0.15) is 5.10 Å². The third-order valence-corrected chi connectivity index (χ3v) is 5.66. The molecule has 0 spiro atoms. The molecule has 0 fully saturated rings. The average molecular weight is 379 g/mol. The summed E-state index contributed by atoms with van der Waals surface area (Å²) >= 11 is 1.69. The molecule has 3 aromatic rings. The quantitative estimate of drug-likeness (QED) is 0.642. The number of aromatic amines is 1. The number of nitrogens with one attached hydrogen (secondary N) is 1. The molecule has 5 nitrogen and oxygen atoms in total. The van der Waals surface area contributed by atoms with Crippen molar-refractivity contribution in [3.8, 4) is 17.0 Å². The fraction of sp³-hybridized carbons (Fsp3) is 0.238. The molecule has 27 heavy (non-hydrogen) atoms. The average Bonchev–Trinajstić information content (AvgIpc) is 3.23. The van der Waals surface area contributed by atoms with Crippen molar-refractivity contribution in [2.75, 3.05) is 12.8 Å². The molecule has 2 N–H and O–H groups in total. The number of phenolic OH excluding ortho intramolecular Hbond substituents is 1. The van der Waals surface area contributed by atoms with Gasteiger partial charge in [-0.15, -0.1) is 11.8 Å². The minimum atomic E-state index is -0.211. The van der Waals surface area contributed by atoms with E-state index in [0.717, 1.165) is 17.5 Å². The summed E-state index contributed by atoms with van der Waals surface area (Å²) in [4.78, 5) is 16.1. The van der Waals surface area contributed by atoms with Crippen LogP contribution >= 0.6 is 11.8 Å². The lowest BCUT2D eigenvalue weighted by Crippen LogP contribution is -2.30. The molecule has 1 aromatic heterocycles. The van der Waals surface area contributed by atoms with Crippen LogP contribution in [-0.2, 0) is 0 Å². The minimum Gasteiger partial charge on any atom is -0.507 e. The summed E-state index contributed by atoms with van der Waals surface area (Å²) < 4.78 is 0. The zero-order valence-corrected chi connectivity index (χ0v) is 16.1. The number of aromatic hydroxyl groups is 1. The van der Waals surface area contributed by atoms with E-state index in [-0.39, 0.29) is 17.7 Å². The van der Waals surface area contributed by atoms with Crippen LogP contribution in [-0.4, -0.2) is 38.9 Å². The lowest BCUT2D eigenvalue weighted by atomic mass is 9.95. The number of para-hydroxylation sites is 1. The molecule has 0 aliphatic carbocycles. The van der Waals surface area contributed by atoms with Crippen molar-refractivity contribution in [2.45, 2.75) is 24.3 Å². The highest BCUT2D eigenvalue weighted by Crippen LogP contribution is 2.44. The fourth-order valence-corrected chi connectivity index (χ4v) is 4.09. The molecule has 1 amide bonds. The molecule has 1 unspecified atom stereocenters. The monoisotopic (exact) mass is 379 g/mol. The Hall–Kier alpha value is -2.73. The number of amides is 1. The second kappa shape index (κ2) is 7.12. The van der Waals surface area contributed by atoms with Crippen LogP contribution in [0.3, 0.4) is 0 Å². The fourth-order valence-electron chi connectivity index (χ4n) is 3.68. The molecule has 138 valence electrons. The molecule has 0 saturated heterocycles. The van der Waals surface area contributed by atoms with E-state index in [9.17, 15) is 9.90 Å². The largest absolute Gasteiger partial charge is 0.507 e. The molecule has 0 saturated carbocycles. The second-order valence-electron chi connectivity index (χ2n) is 6.55. The molecule has 6 heteroatoms. The van der Waals surface area contributed by atoms with E-state index >= 15 is 0 Å². The van der Waals surface area contributed by atoms with Crippen LogP contribution in [0.5, 0.6) is 5.75 Å². The summed E-state index contributed by atoms with van der Waals surface area (Å²) in [7, 11) is 0. The Labute approximate surface area is 162 Å². The number of hydrogen-bond acceptors (Lipinski definition) is 4. The Morgan fingerprint density at radius 2 is 1.93 bits per heavy atom. The van der Waals surface area contributed by atoms with Crippen LogP contribution in [0, 0.1) is 0 Å². The summed E-state index contributed by atoms with van der Waals surface area (Å²) in [6, 6.07) is 15.2. The Bertz CT molecular complexity index is 981. The zero-order chi connectivity index (χ0) is 19.0. The van der Waals surface area contributed by atoms with E-state index in [1.165, 1.54) is 4.90 Å². The SMILES string of the molecule is CCCN1C(=O)c2[nH]nc(-c3ccccc3O)c2C1c1ccc(SC)cc1. The Morgan fingerprint density at radius 1 is 1.19 bits per heavy atom. The van der Waals surface area contributed by atoms with Crippen LogP contribution in [0.15, 0.2) is 53.4 Å². The van der Waals surface area contributed by atoms with Gasteiger partial charge in [0.25, 0.3) is 5.91 Å². The van der Waals surface area contributed by atoms with Gasteiger partial charge in [-0.25, -0.2) is 0 Å². The zero-order valence-electron chi connectivity index (χ0n) is 15.3. The number of nitrogens with zero attached hydrogens (tertiary/aromatic N) is 2. The number of thioether (sulfide) groups is 1. The van der Waals surface area contributed by atoms with Crippen molar-refractivity contribution < 1.29 is 9.90 Å². The summed E-state index contributed by atoms with van der Waals surface area (Å²) in [6.45, 7) is 2.73. The predicted octanol–water partition coefficient (Wildman–Crippen LogP) is 4.46. The Balaban J connectivity index is 1.88. The highest BCUT2D eigenvalue weighted by Gasteiger charge is 2.41. The Kier molecular flexibility index (Phi) is 4.66. The van der Waals surface area contributed by atoms with Crippen molar-refractivity contribution >= 4 is 17.7 Å². The number of H-pyrrole nitrogens is 1. The normalized spacial score (nSPS) is 16.0. The first-order valence-electron chi connectivity index (χ1n) is 8.97. The van der Waals surface area contributed by atoms with Gasteiger partial charge in [0, 0.05) is 22.6 Å². The molecular formula is C21H21N3O2S. The lowest BCUT2D eigenvalue weighted by Gasteiger charge is -2.26. The summed E-state index contributed by atoms with van der Waals surface area (Å²) in [5.41, 5.74) is 3.67. The lowest BCUT2D eigenvalue weighted by molar-refractivity contribution is 0.0744. The van der Waals surface area contributed by atoms with E-state index in [0.29, 0.717) is 23.5 Å². The van der Waals surface area contributed by atoms with E-state index in [1.807, 2.05) is 23.3 Å². The van der Waals surface area contributed by atoms with Crippen LogP contribution in [0.1, 0.15) is 41.0 Å². The van der Waals surface area contributed by atoms with Crippen molar-refractivity contribution in [1.29, 1.82) is 0 Å². The molecule has 1 atom stereocenters. The minimum absolute atomic E-state index is 0.0417. The number of carbonyl (C=O) groups is 1.